The largest absolute Gasteiger partial charge is 0.396 e. The fourth-order valence-corrected chi connectivity index (χ4v) is 2.32. The van der Waals surface area contributed by atoms with Crippen molar-refractivity contribution in [1.29, 1.82) is 5.26 Å². The summed E-state index contributed by atoms with van der Waals surface area (Å²) < 4.78 is 27.5. The van der Waals surface area contributed by atoms with Crippen LogP contribution in [0.25, 0.3) is 0 Å². The van der Waals surface area contributed by atoms with Crippen molar-refractivity contribution >= 4 is 5.91 Å². The molecule has 0 radical (unpaired) electrons. The van der Waals surface area contributed by atoms with Crippen molar-refractivity contribution in [2.75, 3.05) is 19.7 Å². The van der Waals surface area contributed by atoms with Crippen LogP contribution in [0.3, 0.4) is 0 Å². The van der Waals surface area contributed by atoms with E-state index in [2.05, 4.69) is 0 Å². The maximum atomic E-state index is 13.8. The van der Waals surface area contributed by atoms with Crippen molar-refractivity contribution in [2.45, 2.75) is 12.8 Å². The maximum absolute atomic E-state index is 13.8. The molecule has 1 heterocycles. The van der Waals surface area contributed by atoms with E-state index in [0.717, 1.165) is 12.1 Å². The van der Waals surface area contributed by atoms with Crippen molar-refractivity contribution in [3.8, 4) is 6.07 Å². The molecule has 0 unspecified atom stereocenters. The minimum Gasteiger partial charge on any atom is -0.396 e. The quantitative estimate of drug-likeness (QED) is 0.896. The van der Waals surface area contributed by atoms with Crippen LogP contribution in [0.5, 0.6) is 0 Å². The number of amides is 1. The van der Waals surface area contributed by atoms with E-state index in [0.29, 0.717) is 25.9 Å². The van der Waals surface area contributed by atoms with Gasteiger partial charge >= 0.3 is 0 Å². The Kier molecular flexibility index (Phi) is 4.30. The summed E-state index contributed by atoms with van der Waals surface area (Å²) in [5.74, 6) is -2.61. The minimum absolute atomic E-state index is 0.0572. The van der Waals surface area contributed by atoms with Crippen LogP contribution in [0.4, 0.5) is 8.78 Å². The highest BCUT2D eigenvalue weighted by Gasteiger charge is 2.27. The number of piperidine rings is 1. The number of carbonyl (C=O) groups is 1. The van der Waals surface area contributed by atoms with Crippen molar-refractivity contribution < 1.29 is 18.7 Å². The van der Waals surface area contributed by atoms with E-state index in [4.69, 9.17) is 10.4 Å². The van der Waals surface area contributed by atoms with Gasteiger partial charge in [-0.05, 0) is 30.9 Å². The Morgan fingerprint density at radius 3 is 2.35 bits per heavy atom. The third-order valence-electron chi connectivity index (χ3n) is 3.55. The molecule has 1 aromatic rings. The molecular weight excluding hydrogens is 266 g/mol. The Balaban J connectivity index is 2.20. The van der Waals surface area contributed by atoms with E-state index in [1.165, 1.54) is 4.90 Å². The van der Waals surface area contributed by atoms with Crippen molar-refractivity contribution in [2.24, 2.45) is 5.92 Å². The van der Waals surface area contributed by atoms with Gasteiger partial charge in [0.05, 0.1) is 11.6 Å². The molecule has 1 aliphatic rings. The van der Waals surface area contributed by atoms with Gasteiger partial charge in [-0.25, -0.2) is 8.78 Å². The fourth-order valence-electron chi connectivity index (χ4n) is 2.32. The first-order chi connectivity index (χ1) is 9.56. The first kappa shape index (κ1) is 14.4. The van der Waals surface area contributed by atoms with E-state index in [9.17, 15) is 13.6 Å². The van der Waals surface area contributed by atoms with Crippen molar-refractivity contribution in [3.63, 3.8) is 0 Å². The molecule has 0 bridgehead atoms. The Hall–Kier alpha value is -2.00. The van der Waals surface area contributed by atoms with Gasteiger partial charge in [0.2, 0.25) is 0 Å². The number of hydrogen-bond acceptors (Lipinski definition) is 3. The lowest BCUT2D eigenvalue weighted by Gasteiger charge is -2.31. The molecule has 4 nitrogen and oxygen atoms in total. The van der Waals surface area contributed by atoms with Crippen molar-refractivity contribution in [1.82, 2.24) is 4.90 Å². The molecule has 1 N–H and O–H groups in total. The van der Waals surface area contributed by atoms with Crippen LogP contribution in [0.15, 0.2) is 12.1 Å². The molecular formula is C14H14F2N2O2. The maximum Gasteiger partial charge on any atom is 0.259 e. The highest BCUT2D eigenvalue weighted by Crippen LogP contribution is 2.22. The highest BCUT2D eigenvalue weighted by molar-refractivity contribution is 5.95. The topological polar surface area (TPSA) is 64.3 Å². The second-order valence-corrected chi connectivity index (χ2v) is 4.84. The Morgan fingerprint density at radius 2 is 1.90 bits per heavy atom. The number of aliphatic hydroxyl groups excluding tert-OH is 1. The van der Waals surface area contributed by atoms with E-state index >= 15 is 0 Å². The SMILES string of the molecule is N#Cc1cc(F)c(C(=O)N2CCC(CO)CC2)c(F)c1. The normalized spacial score (nSPS) is 16.0. The van der Waals surface area contributed by atoms with Gasteiger partial charge in [-0.15, -0.1) is 0 Å². The van der Waals surface area contributed by atoms with Crippen molar-refractivity contribution in [3.05, 3.63) is 34.9 Å². The molecule has 1 aromatic carbocycles. The van der Waals surface area contributed by atoms with Crippen LogP contribution in [0.1, 0.15) is 28.8 Å². The smallest absolute Gasteiger partial charge is 0.259 e. The third kappa shape index (κ3) is 2.78. The zero-order valence-corrected chi connectivity index (χ0v) is 10.8. The standard InChI is InChI=1S/C14H14F2N2O2/c15-11-5-10(7-17)6-12(16)13(11)14(20)18-3-1-9(8-19)2-4-18/h5-6,9,19H,1-4,8H2. The summed E-state index contributed by atoms with van der Waals surface area (Å²) in [6.07, 6.45) is 1.23. The average molecular weight is 280 g/mol. The summed E-state index contributed by atoms with van der Waals surface area (Å²) in [7, 11) is 0. The summed E-state index contributed by atoms with van der Waals surface area (Å²) >= 11 is 0. The molecule has 1 amide bonds. The molecule has 106 valence electrons. The van der Waals surface area contributed by atoms with Crippen LogP contribution >= 0.6 is 0 Å². The van der Waals surface area contributed by atoms with E-state index in [1.54, 1.807) is 6.07 Å². The first-order valence-electron chi connectivity index (χ1n) is 6.36. The van der Waals surface area contributed by atoms with Gasteiger partial charge < -0.3 is 10.0 Å². The number of carbonyl (C=O) groups excluding carboxylic acids is 1. The van der Waals surface area contributed by atoms with E-state index in [1.807, 2.05) is 0 Å². The predicted octanol–water partition coefficient (Wildman–Crippen LogP) is 1.68. The number of aliphatic hydroxyl groups is 1. The van der Waals surface area contributed by atoms with Gasteiger partial charge in [0.1, 0.15) is 17.2 Å². The molecule has 0 aromatic heterocycles. The number of likely N-dealkylation sites (tertiary alicyclic amines) is 1. The number of benzene rings is 1. The van der Waals surface area contributed by atoms with E-state index in [-0.39, 0.29) is 18.1 Å². The summed E-state index contributed by atoms with van der Waals surface area (Å²) in [4.78, 5) is 13.5. The van der Waals surface area contributed by atoms with Gasteiger partial charge in [0.25, 0.3) is 5.91 Å². The van der Waals surface area contributed by atoms with Gasteiger partial charge in [0, 0.05) is 19.7 Å². The summed E-state index contributed by atoms with van der Waals surface area (Å²) in [6, 6.07) is 3.35. The Labute approximate surface area is 115 Å². The fraction of sp³-hybridized carbons (Fsp3) is 0.429. The number of rotatable bonds is 2. The number of nitrogens with zero attached hydrogens (tertiary/aromatic N) is 2. The zero-order chi connectivity index (χ0) is 14.7. The molecule has 2 rings (SSSR count). The Morgan fingerprint density at radius 1 is 1.35 bits per heavy atom. The lowest BCUT2D eigenvalue weighted by atomic mass is 9.97. The molecule has 1 fully saturated rings. The van der Waals surface area contributed by atoms with Crippen LogP contribution in [-0.4, -0.2) is 35.6 Å². The number of hydrogen-bond donors (Lipinski definition) is 1. The average Bonchev–Trinajstić information content (AvgIpc) is 2.46. The predicted molar refractivity (Wildman–Crippen MR) is 66.8 cm³/mol. The highest BCUT2D eigenvalue weighted by atomic mass is 19.1. The van der Waals surface area contributed by atoms with Gasteiger partial charge in [-0.1, -0.05) is 0 Å². The monoisotopic (exact) mass is 280 g/mol. The zero-order valence-electron chi connectivity index (χ0n) is 10.8. The summed E-state index contributed by atoms with van der Waals surface area (Å²) in [5, 5.41) is 17.6. The molecule has 0 atom stereocenters. The second kappa shape index (κ2) is 5.97. The van der Waals surface area contributed by atoms with Crippen LogP contribution in [0, 0.1) is 28.9 Å². The van der Waals surface area contributed by atoms with Gasteiger partial charge in [0.15, 0.2) is 0 Å². The van der Waals surface area contributed by atoms with E-state index < -0.39 is 23.1 Å². The Bertz CT molecular complexity index is 538. The third-order valence-corrected chi connectivity index (χ3v) is 3.55. The van der Waals surface area contributed by atoms with Crippen LogP contribution < -0.4 is 0 Å². The first-order valence-corrected chi connectivity index (χ1v) is 6.36. The molecule has 0 saturated carbocycles. The second-order valence-electron chi connectivity index (χ2n) is 4.84. The van der Waals surface area contributed by atoms with Crippen LogP contribution in [-0.2, 0) is 0 Å². The molecule has 0 aliphatic carbocycles. The van der Waals surface area contributed by atoms with Gasteiger partial charge in [-0.3, -0.25) is 4.79 Å². The summed E-state index contributed by atoms with van der Waals surface area (Å²) in [6.45, 7) is 0.785. The molecule has 0 spiro atoms. The van der Waals surface area contributed by atoms with Gasteiger partial charge in [-0.2, -0.15) is 5.26 Å². The lowest BCUT2D eigenvalue weighted by Crippen LogP contribution is -2.40. The molecule has 1 aliphatic heterocycles. The summed E-state index contributed by atoms with van der Waals surface area (Å²) in [5.41, 5.74) is -0.776. The number of nitriles is 1. The molecule has 6 heteroatoms. The lowest BCUT2D eigenvalue weighted by molar-refractivity contribution is 0.0641. The van der Waals surface area contributed by atoms with Crippen LogP contribution in [0.2, 0.25) is 0 Å². The minimum atomic E-state index is -1.02. The number of halogens is 2. The molecule has 1 saturated heterocycles. The molecule has 20 heavy (non-hydrogen) atoms.